The highest BCUT2D eigenvalue weighted by atomic mass is 16.6. The number of H-pyrrole nitrogens is 1. The number of carbonyl (C=O) groups excluding carboxylic acids is 1. The van der Waals surface area contributed by atoms with E-state index in [-0.39, 0.29) is 17.7 Å². The van der Waals surface area contributed by atoms with Gasteiger partial charge in [-0.2, -0.15) is 0 Å². The molecule has 152 valence electrons. The van der Waals surface area contributed by atoms with E-state index in [0.717, 1.165) is 4.57 Å². The van der Waals surface area contributed by atoms with Crippen molar-refractivity contribution in [2.24, 2.45) is 0 Å². The number of nitrogens with one attached hydrogen (secondary N) is 1. The van der Waals surface area contributed by atoms with E-state index in [1.807, 2.05) is 0 Å². The van der Waals surface area contributed by atoms with Crippen LogP contribution in [0, 0.1) is 0 Å². The molecule has 0 radical (unpaired) electrons. The summed E-state index contributed by atoms with van der Waals surface area (Å²) < 4.78 is 13.1. The number of aromatic nitrogens is 3. The molecule has 0 unspecified atom stereocenters. The van der Waals surface area contributed by atoms with Crippen LogP contribution in [0.25, 0.3) is 11.3 Å². The van der Waals surface area contributed by atoms with Gasteiger partial charge in [0.1, 0.15) is 17.9 Å². The molecule has 0 bridgehead atoms. The van der Waals surface area contributed by atoms with Gasteiger partial charge in [-0.15, -0.1) is 0 Å². The third-order valence-electron chi connectivity index (χ3n) is 4.28. The first-order valence-electron chi connectivity index (χ1n) is 8.81. The fraction of sp³-hybridized carbons (Fsp3) is 0.500. The van der Waals surface area contributed by atoms with Crippen molar-refractivity contribution in [3.05, 3.63) is 45.4 Å². The van der Waals surface area contributed by atoms with Gasteiger partial charge in [-0.05, 0) is 32.9 Å². The van der Waals surface area contributed by atoms with Crippen molar-refractivity contribution >= 4 is 6.09 Å². The number of rotatable bonds is 3. The number of hydrogen-bond donors (Lipinski definition) is 3. The van der Waals surface area contributed by atoms with Crippen LogP contribution >= 0.6 is 0 Å². The van der Waals surface area contributed by atoms with Crippen LogP contribution in [-0.4, -0.2) is 54.8 Å². The molecule has 0 aromatic carbocycles. The monoisotopic (exact) mass is 393 g/mol. The highest BCUT2D eigenvalue weighted by molar-refractivity contribution is 5.78. The molecule has 10 heteroatoms. The summed E-state index contributed by atoms with van der Waals surface area (Å²) in [4.78, 5) is 39.3. The van der Waals surface area contributed by atoms with Crippen molar-refractivity contribution in [2.45, 2.75) is 51.2 Å². The van der Waals surface area contributed by atoms with Crippen LogP contribution in [0.15, 0.2) is 34.1 Å². The van der Waals surface area contributed by atoms with Crippen LogP contribution in [0.3, 0.4) is 0 Å². The second-order valence-electron chi connectivity index (χ2n) is 7.57. The van der Waals surface area contributed by atoms with Gasteiger partial charge in [0.05, 0.1) is 24.0 Å². The third kappa shape index (κ3) is 3.93. The Hall–Kier alpha value is -2.69. The van der Waals surface area contributed by atoms with E-state index < -0.39 is 48.0 Å². The summed E-state index contributed by atoms with van der Waals surface area (Å²) in [5.74, 6) is 0. The number of aromatic amines is 1. The van der Waals surface area contributed by atoms with Crippen molar-refractivity contribution in [3.8, 4) is 11.3 Å². The van der Waals surface area contributed by atoms with Gasteiger partial charge in [0, 0.05) is 18.8 Å². The first-order valence-corrected chi connectivity index (χ1v) is 8.81. The minimum absolute atomic E-state index is 0.0565. The molecule has 3 rings (SSSR count). The first kappa shape index (κ1) is 20.1. The Kier molecular flexibility index (Phi) is 5.28. The molecule has 2 aromatic rings. The average Bonchev–Trinajstić information content (AvgIpc) is 3.20. The second kappa shape index (κ2) is 7.38. The lowest BCUT2D eigenvalue weighted by Crippen LogP contribution is -2.34. The summed E-state index contributed by atoms with van der Waals surface area (Å²) in [7, 11) is 0. The zero-order valence-electron chi connectivity index (χ0n) is 15.8. The number of carbonyl (C=O) groups is 1. The van der Waals surface area contributed by atoms with E-state index >= 15 is 0 Å². The Bertz CT molecular complexity index is 982. The molecule has 0 amide bonds. The Morgan fingerprint density at radius 2 is 2.11 bits per heavy atom. The summed E-state index contributed by atoms with van der Waals surface area (Å²) in [6.45, 7) is 4.77. The number of aliphatic hydroxyl groups excluding tert-OH is 2. The summed E-state index contributed by atoms with van der Waals surface area (Å²) >= 11 is 0. The maximum Gasteiger partial charge on any atom is 0.418 e. The zero-order chi connectivity index (χ0) is 20.6. The maximum absolute atomic E-state index is 12.4. The minimum Gasteiger partial charge on any atom is -0.443 e. The van der Waals surface area contributed by atoms with Crippen LogP contribution in [-0.2, 0) is 9.47 Å². The third-order valence-corrected chi connectivity index (χ3v) is 4.28. The molecule has 0 aliphatic carbocycles. The van der Waals surface area contributed by atoms with Gasteiger partial charge in [0.15, 0.2) is 0 Å². The summed E-state index contributed by atoms with van der Waals surface area (Å²) in [6.07, 6.45) is -0.493. The lowest BCUT2D eigenvalue weighted by Gasteiger charge is -2.20. The lowest BCUT2D eigenvalue weighted by molar-refractivity contribution is -0.0458. The number of nitrogens with zero attached hydrogens (tertiary/aromatic N) is 2. The molecule has 1 aliphatic rings. The van der Waals surface area contributed by atoms with Gasteiger partial charge in [-0.3, -0.25) is 18.9 Å². The molecule has 3 atom stereocenters. The highest BCUT2D eigenvalue weighted by Crippen LogP contribution is 2.28. The summed E-state index contributed by atoms with van der Waals surface area (Å²) in [5.41, 5.74) is -1.83. The Balaban J connectivity index is 2.01. The number of ether oxygens (including phenoxy) is 2. The molecular weight excluding hydrogens is 370 g/mol. The predicted octanol–water partition coefficient (Wildman–Crippen LogP) is 0.429. The Labute approximate surface area is 160 Å². The maximum atomic E-state index is 12.4. The quantitative estimate of drug-likeness (QED) is 0.688. The molecule has 1 fully saturated rings. The molecule has 0 spiro atoms. The van der Waals surface area contributed by atoms with Crippen molar-refractivity contribution in [1.82, 2.24) is 14.1 Å². The molecular formula is C18H23N3O7. The normalized spacial score (nSPS) is 22.4. The second-order valence-corrected chi connectivity index (χ2v) is 7.57. The van der Waals surface area contributed by atoms with Crippen LogP contribution in [0.4, 0.5) is 4.79 Å². The molecule has 10 nitrogen and oxygen atoms in total. The van der Waals surface area contributed by atoms with E-state index in [9.17, 15) is 24.6 Å². The minimum atomic E-state index is -0.942. The van der Waals surface area contributed by atoms with Crippen LogP contribution in [0.5, 0.6) is 0 Å². The van der Waals surface area contributed by atoms with Gasteiger partial charge in [0.25, 0.3) is 5.56 Å². The van der Waals surface area contributed by atoms with E-state index in [2.05, 4.69) is 4.98 Å². The number of aliphatic hydroxyl groups is 2. The van der Waals surface area contributed by atoms with Gasteiger partial charge in [0.2, 0.25) is 0 Å². The molecule has 2 aromatic heterocycles. The molecule has 3 N–H and O–H groups in total. The summed E-state index contributed by atoms with van der Waals surface area (Å²) in [5, 5.41) is 19.1. The van der Waals surface area contributed by atoms with Crippen molar-refractivity contribution in [2.75, 3.05) is 6.61 Å². The van der Waals surface area contributed by atoms with Gasteiger partial charge in [-0.25, -0.2) is 9.59 Å². The van der Waals surface area contributed by atoms with E-state index in [1.54, 1.807) is 32.9 Å². The fourth-order valence-corrected chi connectivity index (χ4v) is 3.00. The smallest absolute Gasteiger partial charge is 0.418 e. The van der Waals surface area contributed by atoms with Crippen LogP contribution in [0.1, 0.15) is 33.4 Å². The molecule has 1 aliphatic heterocycles. The topological polar surface area (TPSA) is 136 Å². The SMILES string of the molecule is CC(C)(C)OC(=O)n1cccc1-c1cn([C@H]2C[C@H](O)[C@@H](CO)O2)c(=O)[nH]c1=O. The van der Waals surface area contributed by atoms with E-state index in [0.29, 0.717) is 0 Å². The van der Waals surface area contributed by atoms with Crippen LogP contribution in [0.2, 0.25) is 0 Å². The standard InChI is InChI=1S/C18H23N3O7/c1-18(2,3)28-17(26)20-6-4-5-11(20)10-8-21(16(25)19-15(10)24)14-7-12(23)13(9-22)27-14/h4-6,8,12-14,22-23H,7,9H2,1-3H3,(H,19,24,25)/t12-,13+,14+/m0/s1. The Morgan fingerprint density at radius 1 is 1.39 bits per heavy atom. The highest BCUT2D eigenvalue weighted by Gasteiger charge is 2.35. The average molecular weight is 393 g/mol. The Morgan fingerprint density at radius 3 is 2.71 bits per heavy atom. The molecule has 28 heavy (non-hydrogen) atoms. The predicted molar refractivity (Wildman–Crippen MR) is 98.0 cm³/mol. The van der Waals surface area contributed by atoms with Gasteiger partial charge in [-0.1, -0.05) is 0 Å². The van der Waals surface area contributed by atoms with E-state index in [4.69, 9.17) is 9.47 Å². The summed E-state index contributed by atoms with van der Waals surface area (Å²) in [6, 6.07) is 3.12. The lowest BCUT2D eigenvalue weighted by atomic mass is 10.2. The molecule has 1 saturated heterocycles. The molecule has 0 saturated carbocycles. The largest absolute Gasteiger partial charge is 0.443 e. The van der Waals surface area contributed by atoms with Gasteiger partial charge < -0.3 is 19.7 Å². The van der Waals surface area contributed by atoms with E-state index in [1.165, 1.54) is 17.0 Å². The first-order chi connectivity index (χ1) is 13.1. The number of hydrogen-bond acceptors (Lipinski definition) is 7. The van der Waals surface area contributed by atoms with Gasteiger partial charge >= 0.3 is 11.8 Å². The van der Waals surface area contributed by atoms with Crippen molar-refractivity contribution < 1.29 is 24.5 Å². The van der Waals surface area contributed by atoms with Crippen molar-refractivity contribution in [3.63, 3.8) is 0 Å². The van der Waals surface area contributed by atoms with Crippen LogP contribution < -0.4 is 11.2 Å². The zero-order valence-corrected chi connectivity index (χ0v) is 15.8. The fourth-order valence-electron chi connectivity index (χ4n) is 3.00. The van der Waals surface area contributed by atoms with Crippen molar-refractivity contribution in [1.29, 1.82) is 0 Å². The molecule has 3 heterocycles.